The maximum Gasteiger partial charge on any atom is 0.306 e. The van der Waals surface area contributed by atoms with E-state index in [-0.39, 0.29) is 17.0 Å². The Balaban J connectivity index is 2.02. The summed E-state index contributed by atoms with van der Waals surface area (Å²) < 4.78 is 5.21. The van der Waals surface area contributed by atoms with Gasteiger partial charge in [0.2, 0.25) is 0 Å². The molecule has 1 aromatic heterocycles. The second-order valence-corrected chi connectivity index (χ2v) is 6.92. The summed E-state index contributed by atoms with van der Waals surface area (Å²) in [6, 6.07) is 8.73. The number of carboxylic acid groups (broad SMARTS) is 1. The number of hydrogen-bond acceptors (Lipinski definition) is 4. The normalized spacial score (nSPS) is 12.7. The van der Waals surface area contributed by atoms with Gasteiger partial charge in [0.15, 0.2) is 5.69 Å². The number of nitrogens with one attached hydrogen (secondary N) is 1. The first-order valence-corrected chi connectivity index (χ1v) is 7.77. The highest BCUT2D eigenvalue weighted by Gasteiger charge is 2.22. The summed E-state index contributed by atoms with van der Waals surface area (Å²) in [4.78, 5) is 23.1. The van der Waals surface area contributed by atoms with E-state index in [0.717, 1.165) is 5.56 Å². The van der Waals surface area contributed by atoms with Crippen molar-refractivity contribution in [3.63, 3.8) is 0 Å². The Kier molecular flexibility index (Phi) is 5.07. The van der Waals surface area contributed by atoms with E-state index in [1.165, 1.54) is 0 Å². The molecule has 0 saturated carbocycles. The van der Waals surface area contributed by atoms with Crippen LogP contribution in [0.5, 0.6) is 0 Å². The Morgan fingerprint density at radius 1 is 1.25 bits per heavy atom. The summed E-state index contributed by atoms with van der Waals surface area (Å²) in [5, 5.41) is 15.5. The van der Waals surface area contributed by atoms with E-state index in [1.54, 1.807) is 37.3 Å². The molecule has 6 nitrogen and oxygen atoms in total. The molecule has 2 N–H and O–H groups in total. The van der Waals surface area contributed by atoms with E-state index in [9.17, 15) is 9.59 Å². The van der Waals surface area contributed by atoms with Crippen LogP contribution in [0.2, 0.25) is 0 Å². The van der Waals surface area contributed by atoms with Crippen LogP contribution in [0.1, 0.15) is 49.5 Å². The fraction of sp³-hybridized carbons (Fsp3) is 0.389. The van der Waals surface area contributed by atoms with Crippen LogP contribution >= 0.6 is 0 Å². The molecule has 1 aromatic carbocycles. The fourth-order valence-corrected chi connectivity index (χ4v) is 2.10. The van der Waals surface area contributed by atoms with Crippen LogP contribution in [0.3, 0.4) is 0 Å². The van der Waals surface area contributed by atoms with Crippen LogP contribution in [0, 0.1) is 5.92 Å². The number of carbonyl (C=O) groups excluding carboxylic acids is 1. The molecule has 0 fully saturated rings. The van der Waals surface area contributed by atoms with Crippen molar-refractivity contribution in [1.82, 2.24) is 5.16 Å². The topological polar surface area (TPSA) is 92.4 Å². The maximum atomic E-state index is 12.2. The highest BCUT2D eigenvalue weighted by atomic mass is 16.5. The Labute approximate surface area is 140 Å². The van der Waals surface area contributed by atoms with Gasteiger partial charge in [0.1, 0.15) is 5.76 Å². The van der Waals surface area contributed by atoms with Gasteiger partial charge >= 0.3 is 5.97 Å². The summed E-state index contributed by atoms with van der Waals surface area (Å²) in [6.07, 6.45) is 0.446. The van der Waals surface area contributed by atoms with E-state index in [4.69, 9.17) is 9.63 Å². The Morgan fingerprint density at radius 2 is 1.88 bits per heavy atom. The van der Waals surface area contributed by atoms with E-state index in [2.05, 4.69) is 10.5 Å². The Bertz CT molecular complexity index is 726. The number of benzene rings is 1. The van der Waals surface area contributed by atoms with Crippen molar-refractivity contribution in [2.24, 2.45) is 5.92 Å². The van der Waals surface area contributed by atoms with Crippen LogP contribution in [-0.2, 0) is 16.6 Å². The first kappa shape index (κ1) is 17.7. The van der Waals surface area contributed by atoms with Crippen LogP contribution < -0.4 is 5.32 Å². The third-order valence-electron chi connectivity index (χ3n) is 3.66. The quantitative estimate of drug-likeness (QED) is 0.875. The molecule has 1 heterocycles. The van der Waals surface area contributed by atoms with Crippen LogP contribution in [0.15, 0.2) is 34.9 Å². The number of aromatic nitrogens is 1. The molecule has 0 aliphatic rings. The third-order valence-corrected chi connectivity index (χ3v) is 3.66. The van der Waals surface area contributed by atoms with Gasteiger partial charge in [-0.1, -0.05) is 45.0 Å². The van der Waals surface area contributed by atoms with Gasteiger partial charge in [-0.2, -0.15) is 0 Å². The van der Waals surface area contributed by atoms with Gasteiger partial charge in [-0.3, -0.25) is 9.59 Å². The lowest BCUT2D eigenvalue weighted by Crippen LogP contribution is -2.14. The molecule has 0 spiro atoms. The average Bonchev–Trinajstić information content (AvgIpc) is 2.99. The number of aliphatic carboxylic acids is 1. The van der Waals surface area contributed by atoms with Crippen molar-refractivity contribution >= 4 is 17.6 Å². The molecule has 0 saturated heterocycles. The molecule has 2 rings (SSSR count). The van der Waals surface area contributed by atoms with E-state index >= 15 is 0 Å². The standard InChI is InChI=1S/C18H22N2O4/c1-11(17(22)23)9-12-5-7-13(8-6-12)19-16(21)14-10-15(24-20-14)18(2,3)4/h5-8,10-11H,9H2,1-4H3,(H,19,21)(H,22,23). The average molecular weight is 330 g/mol. The van der Waals surface area contributed by atoms with Crippen molar-refractivity contribution < 1.29 is 19.2 Å². The number of amides is 1. The van der Waals surface area contributed by atoms with E-state index in [1.807, 2.05) is 20.8 Å². The van der Waals surface area contributed by atoms with Crippen molar-refractivity contribution in [3.05, 3.63) is 47.3 Å². The molecule has 0 bridgehead atoms. The SMILES string of the molecule is CC(Cc1ccc(NC(=O)c2cc(C(C)(C)C)on2)cc1)C(=O)O. The van der Waals surface area contributed by atoms with Gasteiger partial charge in [-0.05, 0) is 24.1 Å². The predicted molar refractivity (Wildman–Crippen MR) is 90.1 cm³/mol. The number of nitrogens with zero attached hydrogens (tertiary/aromatic N) is 1. The Morgan fingerprint density at radius 3 is 2.38 bits per heavy atom. The number of carboxylic acids is 1. The minimum Gasteiger partial charge on any atom is -0.481 e. The lowest BCUT2D eigenvalue weighted by molar-refractivity contribution is -0.141. The summed E-state index contributed by atoms with van der Waals surface area (Å²) in [7, 11) is 0. The zero-order valence-corrected chi connectivity index (χ0v) is 14.3. The molecule has 6 heteroatoms. The van der Waals surface area contributed by atoms with Crippen molar-refractivity contribution in [2.45, 2.75) is 39.5 Å². The summed E-state index contributed by atoms with van der Waals surface area (Å²) >= 11 is 0. The molecular weight excluding hydrogens is 308 g/mol. The minimum absolute atomic E-state index is 0.214. The molecule has 1 unspecified atom stereocenters. The van der Waals surface area contributed by atoms with E-state index in [0.29, 0.717) is 17.9 Å². The zero-order valence-electron chi connectivity index (χ0n) is 14.3. The van der Waals surface area contributed by atoms with Crippen LogP contribution in [-0.4, -0.2) is 22.1 Å². The van der Waals surface area contributed by atoms with Crippen molar-refractivity contribution in [2.75, 3.05) is 5.32 Å². The van der Waals surface area contributed by atoms with Gasteiger partial charge in [-0.15, -0.1) is 0 Å². The third kappa shape index (κ3) is 4.44. The van der Waals surface area contributed by atoms with Gasteiger partial charge in [-0.25, -0.2) is 0 Å². The highest BCUT2D eigenvalue weighted by Crippen LogP contribution is 2.23. The first-order valence-electron chi connectivity index (χ1n) is 7.77. The zero-order chi connectivity index (χ0) is 17.9. The first-order chi connectivity index (χ1) is 11.2. The molecule has 128 valence electrons. The lowest BCUT2D eigenvalue weighted by atomic mass is 9.93. The molecule has 2 aromatic rings. The summed E-state index contributed by atoms with van der Waals surface area (Å²) in [6.45, 7) is 7.60. The minimum atomic E-state index is -0.826. The summed E-state index contributed by atoms with van der Waals surface area (Å²) in [5.41, 5.74) is 1.53. The molecule has 1 atom stereocenters. The van der Waals surface area contributed by atoms with Gasteiger partial charge in [0.05, 0.1) is 5.92 Å². The number of anilines is 1. The molecule has 0 radical (unpaired) electrons. The molecule has 24 heavy (non-hydrogen) atoms. The summed E-state index contributed by atoms with van der Waals surface area (Å²) in [5.74, 6) is -0.976. The van der Waals surface area contributed by atoms with Crippen molar-refractivity contribution in [3.8, 4) is 0 Å². The molecule has 1 amide bonds. The van der Waals surface area contributed by atoms with Crippen molar-refractivity contribution in [1.29, 1.82) is 0 Å². The van der Waals surface area contributed by atoms with Gasteiger partial charge in [0, 0.05) is 17.2 Å². The monoisotopic (exact) mass is 330 g/mol. The van der Waals surface area contributed by atoms with E-state index < -0.39 is 11.9 Å². The second kappa shape index (κ2) is 6.86. The number of rotatable bonds is 5. The largest absolute Gasteiger partial charge is 0.481 e. The molecular formula is C18H22N2O4. The van der Waals surface area contributed by atoms with Crippen LogP contribution in [0.4, 0.5) is 5.69 Å². The lowest BCUT2D eigenvalue weighted by Gasteiger charge is -2.12. The molecule has 0 aliphatic heterocycles. The maximum absolute atomic E-state index is 12.2. The fourth-order valence-electron chi connectivity index (χ4n) is 2.10. The smallest absolute Gasteiger partial charge is 0.306 e. The predicted octanol–water partition coefficient (Wildman–Crippen LogP) is 3.49. The van der Waals surface area contributed by atoms with Gasteiger partial charge < -0.3 is 14.9 Å². The second-order valence-electron chi connectivity index (χ2n) is 6.92. The van der Waals surface area contributed by atoms with Crippen LogP contribution in [0.25, 0.3) is 0 Å². The molecule has 0 aliphatic carbocycles. The number of carbonyl (C=O) groups is 2. The Hall–Kier alpha value is -2.63. The number of hydrogen-bond donors (Lipinski definition) is 2. The van der Waals surface area contributed by atoms with Gasteiger partial charge in [0.25, 0.3) is 5.91 Å². The highest BCUT2D eigenvalue weighted by molar-refractivity contribution is 6.02.